The molecule has 1 rings (SSSR count). The van der Waals surface area contributed by atoms with Crippen molar-refractivity contribution in [1.82, 2.24) is 9.55 Å². The quantitative estimate of drug-likeness (QED) is 0.769. The van der Waals surface area contributed by atoms with E-state index in [-0.39, 0.29) is 17.9 Å². The molecule has 5 heteroatoms. The van der Waals surface area contributed by atoms with Crippen LogP contribution < -0.4 is 5.73 Å². The minimum atomic E-state index is -0.367. The van der Waals surface area contributed by atoms with Gasteiger partial charge in [0.15, 0.2) is 4.77 Å². The Kier molecular flexibility index (Phi) is 3.34. The highest BCUT2D eigenvalue weighted by Crippen LogP contribution is 2.22. The molecular weight excluding hydrogens is 210 g/mol. The Labute approximate surface area is 94.5 Å². The number of imidazole rings is 1. The van der Waals surface area contributed by atoms with Gasteiger partial charge in [-0.25, -0.2) is 0 Å². The molecule has 1 amide bonds. The van der Waals surface area contributed by atoms with Crippen molar-refractivity contribution < 1.29 is 4.79 Å². The molecule has 0 radical (unpaired) electrons. The first-order valence-electron chi connectivity index (χ1n) is 4.96. The Hall–Kier alpha value is -1.10. The molecular formula is C10H17N3OS. The highest BCUT2D eigenvalue weighted by molar-refractivity contribution is 7.71. The van der Waals surface area contributed by atoms with Gasteiger partial charge in [-0.1, -0.05) is 6.92 Å². The van der Waals surface area contributed by atoms with Crippen LogP contribution in [0.4, 0.5) is 0 Å². The summed E-state index contributed by atoms with van der Waals surface area (Å²) in [5.74, 6) is -0.315. The van der Waals surface area contributed by atoms with Gasteiger partial charge in [-0.05, 0) is 32.5 Å². The average Bonchev–Trinajstić information content (AvgIpc) is 2.44. The summed E-state index contributed by atoms with van der Waals surface area (Å²) in [6.07, 6.45) is 3.03. The molecule has 0 atom stereocenters. The lowest BCUT2D eigenvalue weighted by Gasteiger charge is -2.27. The maximum absolute atomic E-state index is 11.0. The molecule has 0 unspecified atom stereocenters. The molecule has 1 heterocycles. The molecule has 0 saturated carbocycles. The maximum atomic E-state index is 11.0. The molecule has 84 valence electrons. The molecule has 15 heavy (non-hydrogen) atoms. The van der Waals surface area contributed by atoms with Crippen molar-refractivity contribution >= 4 is 18.1 Å². The molecule has 0 aromatic carbocycles. The number of aromatic amines is 1. The van der Waals surface area contributed by atoms with E-state index in [9.17, 15) is 4.79 Å². The van der Waals surface area contributed by atoms with E-state index in [1.165, 1.54) is 0 Å². The summed E-state index contributed by atoms with van der Waals surface area (Å²) in [6.45, 7) is 5.97. The molecule has 0 aliphatic rings. The number of carbonyl (C=O) groups excluding carboxylic acids is 1. The number of H-pyrrole nitrogens is 1. The first-order valence-corrected chi connectivity index (χ1v) is 5.37. The van der Waals surface area contributed by atoms with Crippen molar-refractivity contribution in [2.75, 3.05) is 0 Å². The third-order valence-electron chi connectivity index (χ3n) is 2.43. The number of aryl methyl sites for hydroxylation is 1. The number of rotatable bonds is 4. The number of hydrogen-bond acceptors (Lipinski definition) is 2. The van der Waals surface area contributed by atoms with E-state index >= 15 is 0 Å². The molecule has 0 aliphatic heterocycles. The third-order valence-corrected chi connectivity index (χ3v) is 2.73. The summed E-state index contributed by atoms with van der Waals surface area (Å²) in [5.41, 5.74) is 5.95. The van der Waals surface area contributed by atoms with Gasteiger partial charge in [0.05, 0.1) is 5.54 Å². The van der Waals surface area contributed by atoms with Crippen molar-refractivity contribution in [2.45, 2.75) is 39.2 Å². The molecule has 4 nitrogen and oxygen atoms in total. The highest BCUT2D eigenvalue weighted by atomic mass is 32.1. The SMILES string of the molecule is CCc1c[nH]c(=S)n1C(C)(C)CC(N)=O. The Balaban J connectivity index is 3.18. The van der Waals surface area contributed by atoms with E-state index in [4.69, 9.17) is 18.0 Å². The predicted molar refractivity (Wildman–Crippen MR) is 62.1 cm³/mol. The first-order chi connectivity index (χ1) is 6.88. The van der Waals surface area contributed by atoms with E-state index in [1.807, 2.05) is 24.6 Å². The van der Waals surface area contributed by atoms with Crippen LogP contribution in [0.1, 0.15) is 32.9 Å². The van der Waals surface area contributed by atoms with Crippen LogP contribution in [0, 0.1) is 4.77 Å². The van der Waals surface area contributed by atoms with Crippen molar-refractivity contribution in [3.8, 4) is 0 Å². The van der Waals surface area contributed by atoms with Gasteiger partial charge in [-0.2, -0.15) is 0 Å². The van der Waals surface area contributed by atoms with Gasteiger partial charge in [0.1, 0.15) is 0 Å². The van der Waals surface area contributed by atoms with E-state index in [0.29, 0.717) is 4.77 Å². The second-order valence-corrected chi connectivity index (χ2v) is 4.62. The molecule has 1 aromatic heterocycles. The molecule has 0 spiro atoms. The van der Waals surface area contributed by atoms with Gasteiger partial charge in [-0.15, -0.1) is 0 Å². The van der Waals surface area contributed by atoms with Crippen molar-refractivity contribution in [1.29, 1.82) is 0 Å². The van der Waals surface area contributed by atoms with Crippen LogP contribution in [-0.2, 0) is 16.8 Å². The highest BCUT2D eigenvalue weighted by Gasteiger charge is 2.25. The zero-order chi connectivity index (χ0) is 11.6. The zero-order valence-electron chi connectivity index (χ0n) is 9.33. The molecule has 0 aliphatic carbocycles. The largest absolute Gasteiger partial charge is 0.370 e. The normalized spacial score (nSPS) is 11.7. The average molecular weight is 227 g/mol. The molecule has 3 N–H and O–H groups in total. The van der Waals surface area contributed by atoms with Crippen molar-refractivity contribution in [2.24, 2.45) is 5.73 Å². The van der Waals surface area contributed by atoms with Gasteiger partial charge >= 0.3 is 0 Å². The number of nitrogens with two attached hydrogens (primary N) is 1. The Morgan fingerprint density at radius 1 is 1.67 bits per heavy atom. The van der Waals surface area contributed by atoms with E-state index in [0.717, 1.165) is 12.1 Å². The second kappa shape index (κ2) is 4.18. The van der Waals surface area contributed by atoms with Crippen LogP contribution in [0.25, 0.3) is 0 Å². The van der Waals surface area contributed by atoms with Crippen LogP contribution in [-0.4, -0.2) is 15.5 Å². The lowest BCUT2D eigenvalue weighted by Crippen LogP contribution is -2.33. The fourth-order valence-electron chi connectivity index (χ4n) is 1.83. The number of hydrogen-bond donors (Lipinski definition) is 2. The molecule has 0 fully saturated rings. The van der Waals surface area contributed by atoms with Crippen LogP contribution in [0.2, 0.25) is 0 Å². The fourth-order valence-corrected chi connectivity index (χ4v) is 2.26. The smallest absolute Gasteiger partial charge is 0.219 e. The lowest BCUT2D eigenvalue weighted by atomic mass is 9.99. The zero-order valence-corrected chi connectivity index (χ0v) is 10.1. The number of primary amides is 1. The number of nitrogens with one attached hydrogen (secondary N) is 1. The van der Waals surface area contributed by atoms with Crippen LogP contribution in [0.15, 0.2) is 6.20 Å². The first kappa shape index (κ1) is 12.0. The Morgan fingerprint density at radius 3 is 2.73 bits per heavy atom. The van der Waals surface area contributed by atoms with Gasteiger partial charge < -0.3 is 15.3 Å². The van der Waals surface area contributed by atoms with Crippen molar-refractivity contribution in [3.05, 3.63) is 16.7 Å². The minimum Gasteiger partial charge on any atom is -0.370 e. The summed E-state index contributed by atoms with van der Waals surface area (Å²) < 4.78 is 2.60. The Morgan fingerprint density at radius 2 is 2.27 bits per heavy atom. The van der Waals surface area contributed by atoms with Crippen LogP contribution in [0.3, 0.4) is 0 Å². The van der Waals surface area contributed by atoms with Crippen molar-refractivity contribution in [3.63, 3.8) is 0 Å². The van der Waals surface area contributed by atoms with Gasteiger partial charge in [0.25, 0.3) is 0 Å². The number of carbonyl (C=O) groups is 1. The lowest BCUT2D eigenvalue weighted by molar-refractivity contribution is -0.119. The summed E-state index contributed by atoms with van der Waals surface area (Å²) in [5, 5.41) is 0. The van der Waals surface area contributed by atoms with E-state index < -0.39 is 0 Å². The minimum absolute atomic E-state index is 0.284. The maximum Gasteiger partial charge on any atom is 0.219 e. The topological polar surface area (TPSA) is 63.8 Å². The molecule has 1 aromatic rings. The summed E-state index contributed by atoms with van der Waals surface area (Å²) >= 11 is 5.20. The number of amides is 1. The fraction of sp³-hybridized carbons (Fsp3) is 0.600. The third kappa shape index (κ3) is 2.47. The van der Waals surface area contributed by atoms with Crippen LogP contribution >= 0.6 is 12.2 Å². The van der Waals surface area contributed by atoms with Gasteiger partial charge in [0.2, 0.25) is 5.91 Å². The summed E-state index contributed by atoms with van der Waals surface area (Å²) in [4.78, 5) is 14.0. The van der Waals surface area contributed by atoms with Crippen LogP contribution in [0.5, 0.6) is 0 Å². The van der Waals surface area contributed by atoms with Gasteiger partial charge in [0, 0.05) is 18.3 Å². The standard InChI is InChI=1S/C10H17N3OS/c1-4-7-6-12-9(15)13(7)10(2,3)5-8(11)14/h6H,4-5H2,1-3H3,(H2,11,14)(H,12,15). The molecule has 0 bridgehead atoms. The summed E-state index contributed by atoms with van der Waals surface area (Å²) in [7, 11) is 0. The summed E-state index contributed by atoms with van der Waals surface area (Å²) in [6, 6.07) is 0. The number of nitrogens with zero attached hydrogens (tertiary/aromatic N) is 1. The molecule has 0 saturated heterocycles. The van der Waals surface area contributed by atoms with Gasteiger partial charge in [-0.3, -0.25) is 4.79 Å². The monoisotopic (exact) mass is 227 g/mol. The second-order valence-electron chi connectivity index (χ2n) is 4.23. The van der Waals surface area contributed by atoms with E-state index in [1.54, 1.807) is 0 Å². The predicted octanol–water partition coefficient (Wildman–Crippen LogP) is 1.72. The Bertz CT molecular complexity index is 417. The van der Waals surface area contributed by atoms with E-state index in [2.05, 4.69) is 11.9 Å². The number of aromatic nitrogens is 2.